The van der Waals surface area contributed by atoms with E-state index >= 15 is 0 Å². The first-order valence-corrected chi connectivity index (χ1v) is 9.68. The van der Waals surface area contributed by atoms with Crippen LogP contribution >= 0.6 is 11.6 Å². The number of aromatic nitrogens is 5. The molecule has 1 aliphatic rings. The zero-order chi connectivity index (χ0) is 21.1. The van der Waals surface area contributed by atoms with Crippen LogP contribution in [-0.4, -0.2) is 38.8 Å². The first kappa shape index (κ1) is 20.0. The van der Waals surface area contributed by atoms with Gasteiger partial charge in [0, 0.05) is 24.2 Å². The zero-order valence-electron chi connectivity index (χ0n) is 16.4. The number of ether oxygens (including phenoxy) is 2. The van der Waals surface area contributed by atoms with E-state index in [2.05, 4.69) is 26.1 Å². The lowest BCUT2D eigenvalue weighted by Gasteiger charge is -2.10. The van der Waals surface area contributed by atoms with Crippen molar-refractivity contribution in [1.82, 2.24) is 24.6 Å². The molecule has 3 aromatic heterocycles. The van der Waals surface area contributed by atoms with Gasteiger partial charge in [-0.3, -0.25) is 0 Å². The van der Waals surface area contributed by atoms with Gasteiger partial charge in [-0.15, -0.1) is 0 Å². The molecule has 154 valence electrons. The van der Waals surface area contributed by atoms with Crippen molar-refractivity contribution < 1.29 is 13.9 Å². The monoisotopic (exact) mass is 427 g/mol. The standard InChI is InChI=1S/C15H15N5O2.C6H4ClF/c1-21-14-11(8-17-15(18-14)22-2)12-7-10(9-3-4-9)13-16-5-6-20(13)19-12;7-5-3-1-2-4-6(5)8/h5-9H,3-4H2,1-2H3;1-4H. The maximum absolute atomic E-state index is 12.2. The van der Waals surface area contributed by atoms with E-state index in [1.807, 2.05) is 6.20 Å². The molecule has 1 saturated carbocycles. The lowest BCUT2D eigenvalue weighted by atomic mass is 10.1. The Morgan fingerprint density at radius 1 is 1.13 bits per heavy atom. The predicted octanol–water partition coefficient (Wildman–Crippen LogP) is 4.56. The Kier molecular flexibility index (Phi) is 5.76. The molecule has 0 spiro atoms. The van der Waals surface area contributed by atoms with Crippen molar-refractivity contribution in [2.45, 2.75) is 18.8 Å². The lowest BCUT2D eigenvalue weighted by Crippen LogP contribution is -2.02. The van der Waals surface area contributed by atoms with Gasteiger partial charge in [-0.2, -0.15) is 10.1 Å². The Morgan fingerprint density at radius 2 is 1.93 bits per heavy atom. The lowest BCUT2D eigenvalue weighted by molar-refractivity contribution is 0.353. The van der Waals surface area contributed by atoms with Crippen LogP contribution in [0.5, 0.6) is 11.9 Å². The predicted molar refractivity (Wildman–Crippen MR) is 111 cm³/mol. The molecule has 0 saturated heterocycles. The van der Waals surface area contributed by atoms with Crippen LogP contribution in [0.1, 0.15) is 24.3 Å². The molecule has 1 fully saturated rings. The van der Waals surface area contributed by atoms with Gasteiger partial charge in [-0.1, -0.05) is 23.7 Å². The van der Waals surface area contributed by atoms with E-state index in [0.717, 1.165) is 16.9 Å². The molecule has 0 amide bonds. The second-order valence-corrected chi connectivity index (χ2v) is 7.06. The summed E-state index contributed by atoms with van der Waals surface area (Å²) in [6.45, 7) is 0. The summed E-state index contributed by atoms with van der Waals surface area (Å²) in [4.78, 5) is 12.8. The topological polar surface area (TPSA) is 74.4 Å². The number of hydrogen-bond donors (Lipinski definition) is 0. The van der Waals surface area contributed by atoms with Crippen molar-refractivity contribution in [3.63, 3.8) is 0 Å². The highest BCUT2D eigenvalue weighted by atomic mass is 35.5. The van der Waals surface area contributed by atoms with E-state index in [1.165, 1.54) is 37.6 Å². The molecule has 0 bridgehead atoms. The fourth-order valence-corrected chi connectivity index (χ4v) is 3.12. The van der Waals surface area contributed by atoms with Crippen molar-refractivity contribution in [2.24, 2.45) is 0 Å². The highest BCUT2D eigenvalue weighted by molar-refractivity contribution is 6.30. The third kappa shape index (κ3) is 4.18. The summed E-state index contributed by atoms with van der Waals surface area (Å²) in [6, 6.07) is 8.45. The average molecular weight is 428 g/mol. The zero-order valence-corrected chi connectivity index (χ0v) is 17.2. The molecule has 0 atom stereocenters. The van der Waals surface area contributed by atoms with Crippen LogP contribution in [0.15, 0.2) is 48.9 Å². The number of imidazole rings is 1. The maximum atomic E-state index is 12.2. The van der Waals surface area contributed by atoms with Crippen molar-refractivity contribution >= 4 is 17.2 Å². The molecule has 0 N–H and O–H groups in total. The number of methoxy groups -OCH3 is 2. The van der Waals surface area contributed by atoms with Crippen molar-refractivity contribution in [3.8, 4) is 23.1 Å². The highest BCUT2D eigenvalue weighted by Gasteiger charge is 2.28. The number of halogens is 2. The molecule has 4 aromatic rings. The van der Waals surface area contributed by atoms with Crippen molar-refractivity contribution in [3.05, 3.63) is 65.3 Å². The summed E-state index contributed by atoms with van der Waals surface area (Å²) in [5, 5.41) is 4.77. The number of fused-ring (bicyclic) bond motifs is 1. The molecule has 1 aliphatic carbocycles. The first-order valence-electron chi connectivity index (χ1n) is 9.30. The molecule has 5 rings (SSSR count). The Balaban J connectivity index is 0.000000230. The molecule has 1 aromatic carbocycles. The number of hydrogen-bond acceptors (Lipinski definition) is 6. The molecule has 0 aliphatic heterocycles. The summed E-state index contributed by atoms with van der Waals surface area (Å²) >= 11 is 5.33. The van der Waals surface area contributed by atoms with Gasteiger partial charge in [0.25, 0.3) is 0 Å². The van der Waals surface area contributed by atoms with Crippen molar-refractivity contribution in [2.75, 3.05) is 14.2 Å². The number of benzene rings is 1. The molecule has 9 heteroatoms. The Bertz CT molecular complexity index is 1160. The average Bonchev–Trinajstić information content (AvgIpc) is 3.51. The molecule has 7 nitrogen and oxygen atoms in total. The fourth-order valence-electron chi connectivity index (χ4n) is 2.99. The normalized spacial score (nSPS) is 12.9. The van der Waals surface area contributed by atoms with E-state index in [9.17, 15) is 4.39 Å². The smallest absolute Gasteiger partial charge is 0.319 e. The van der Waals surface area contributed by atoms with Crippen molar-refractivity contribution in [1.29, 1.82) is 0 Å². The van der Waals surface area contributed by atoms with Crippen LogP contribution in [0, 0.1) is 5.82 Å². The van der Waals surface area contributed by atoms with Gasteiger partial charge < -0.3 is 9.47 Å². The summed E-state index contributed by atoms with van der Waals surface area (Å²) < 4.78 is 24.4. The molecule has 3 heterocycles. The second-order valence-electron chi connectivity index (χ2n) is 6.65. The van der Waals surface area contributed by atoms with E-state index in [1.54, 1.807) is 36.2 Å². The van der Waals surface area contributed by atoms with Crippen LogP contribution in [0.2, 0.25) is 5.02 Å². The maximum Gasteiger partial charge on any atom is 0.319 e. The summed E-state index contributed by atoms with van der Waals surface area (Å²) in [6.07, 6.45) is 7.68. The molecular weight excluding hydrogens is 409 g/mol. The van der Waals surface area contributed by atoms with Gasteiger partial charge in [0.05, 0.1) is 30.5 Å². The number of rotatable bonds is 4. The third-order valence-corrected chi connectivity index (χ3v) is 4.92. The fraction of sp³-hybridized carbons (Fsp3) is 0.238. The largest absolute Gasteiger partial charge is 0.480 e. The van der Waals surface area contributed by atoms with Gasteiger partial charge in [0.2, 0.25) is 5.88 Å². The first-order chi connectivity index (χ1) is 14.6. The Morgan fingerprint density at radius 3 is 2.57 bits per heavy atom. The minimum absolute atomic E-state index is 0.174. The Labute approximate surface area is 177 Å². The summed E-state index contributed by atoms with van der Waals surface area (Å²) in [5.41, 5.74) is 3.64. The van der Waals surface area contributed by atoms with E-state index in [-0.39, 0.29) is 16.9 Å². The number of nitrogens with zero attached hydrogens (tertiary/aromatic N) is 5. The molecule has 30 heavy (non-hydrogen) atoms. The Hall–Kier alpha value is -3.26. The minimum Gasteiger partial charge on any atom is -0.480 e. The van der Waals surface area contributed by atoms with Crippen LogP contribution < -0.4 is 9.47 Å². The molecule has 0 unspecified atom stereocenters. The highest BCUT2D eigenvalue weighted by Crippen LogP contribution is 2.43. The van der Waals surface area contributed by atoms with E-state index in [0.29, 0.717) is 11.8 Å². The van der Waals surface area contributed by atoms with Gasteiger partial charge in [0.1, 0.15) is 5.82 Å². The van der Waals surface area contributed by atoms with E-state index < -0.39 is 0 Å². The SMILES string of the molecule is COc1ncc(-c2cc(C3CC3)c3nccn3n2)c(OC)n1.Fc1ccccc1Cl. The van der Waals surface area contributed by atoms with Gasteiger partial charge in [0.15, 0.2) is 5.65 Å². The summed E-state index contributed by atoms with van der Waals surface area (Å²) in [7, 11) is 3.10. The van der Waals surface area contributed by atoms with Crippen LogP contribution in [0.3, 0.4) is 0 Å². The van der Waals surface area contributed by atoms with Gasteiger partial charge in [-0.05, 0) is 37.0 Å². The van der Waals surface area contributed by atoms with Gasteiger partial charge in [-0.25, -0.2) is 18.9 Å². The van der Waals surface area contributed by atoms with Gasteiger partial charge >= 0.3 is 6.01 Å². The second kappa shape index (κ2) is 8.62. The van der Waals surface area contributed by atoms with Crippen LogP contribution in [0.4, 0.5) is 4.39 Å². The quantitative estimate of drug-likeness (QED) is 0.475. The van der Waals surface area contributed by atoms with Crippen LogP contribution in [0.25, 0.3) is 16.9 Å². The van der Waals surface area contributed by atoms with E-state index in [4.69, 9.17) is 21.1 Å². The molecular formula is C21H19ClFN5O2. The summed E-state index contributed by atoms with van der Waals surface area (Å²) in [5.74, 6) is 0.645. The van der Waals surface area contributed by atoms with Crippen LogP contribution in [-0.2, 0) is 0 Å². The third-order valence-electron chi connectivity index (χ3n) is 4.61. The minimum atomic E-state index is -0.367. The molecule has 0 radical (unpaired) electrons.